The molecule has 2 nitrogen and oxygen atoms in total. The first kappa shape index (κ1) is 10.2. The fourth-order valence-electron chi connectivity index (χ4n) is 2.37. The van der Waals surface area contributed by atoms with Crippen molar-refractivity contribution >= 4 is 21.6 Å². The van der Waals surface area contributed by atoms with Crippen molar-refractivity contribution in [3.63, 3.8) is 0 Å². The lowest BCUT2D eigenvalue weighted by Gasteiger charge is -2.10. The van der Waals surface area contributed by atoms with Crippen LogP contribution in [0, 0.1) is 5.82 Å². The molecule has 2 aromatic rings. The van der Waals surface area contributed by atoms with Crippen molar-refractivity contribution in [1.82, 2.24) is 4.98 Å². The maximum atomic E-state index is 13.1. The maximum absolute atomic E-state index is 13.1. The molecule has 0 radical (unpaired) electrons. The topological polar surface area (TPSA) is 38.9 Å². The highest BCUT2D eigenvalue weighted by molar-refractivity contribution is 7.18. The molecule has 0 spiro atoms. The number of fused-ring (bicyclic) bond motifs is 1. The number of hydrogen-bond acceptors (Lipinski definition) is 3. The van der Waals surface area contributed by atoms with Crippen LogP contribution in [0.3, 0.4) is 0 Å². The molecule has 4 heteroatoms. The predicted octanol–water partition coefficient (Wildman–Crippen LogP) is 3.03. The number of halogens is 1. The van der Waals surface area contributed by atoms with Crippen LogP contribution in [0.1, 0.15) is 30.2 Å². The number of nitrogens with zero attached hydrogens (tertiary/aromatic N) is 1. The van der Waals surface area contributed by atoms with Gasteiger partial charge in [-0.15, -0.1) is 11.3 Å². The highest BCUT2D eigenvalue weighted by Crippen LogP contribution is 2.37. The van der Waals surface area contributed by atoms with Gasteiger partial charge in [-0.3, -0.25) is 0 Å². The monoisotopic (exact) mass is 236 g/mol. The first-order valence-electron chi connectivity index (χ1n) is 5.55. The Bertz CT molecular complexity index is 523. The number of hydrogen-bond donors (Lipinski definition) is 1. The van der Waals surface area contributed by atoms with Crippen LogP contribution >= 0.6 is 11.3 Å². The van der Waals surface area contributed by atoms with E-state index in [1.165, 1.54) is 12.5 Å². The van der Waals surface area contributed by atoms with E-state index in [4.69, 9.17) is 5.73 Å². The van der Waals surface area contributed by atoms with Crippen LogP contribution in [0.2, 0.25) is 0 Å². The summed E-state index contributed by atoms with van der Waals surface area (Å²) < 4.78 is 14.0. The zero-order valence-electron chi connectivity index (χ0n) is 8.82. The van der Waals surface area contributed by atoms with Gasteiger partial charge in [-0.05, 0) is 31.0 Å². The Hall–Kier alpha value is -1.000. The lowest BCUT2D eigenvalue weighted by molar-refractivity contribution is 0.611. The summed E-state index contributed by atoms with van der Waals surface area (Å²) in [6.45, 7) is 0. The van der Waals surface area contributed by atoms with E-state index in [-0.39, 0.29) is 11.9 Å². The third-order valence-corrected chi connectivity index (χ3v) is 4.40. The van der Waals surface area contributed by atoms with E-state index in [2.05, 4.69) is 4.98 Å². The fourth-order valence-corrected chi connectivity index (χ4v) is 3.57. The molecule has 16 heavy (non-hydrogen) atoms. The fraction of sp³-hybridized carbons (Fsp3) is 0.417. The molecule has 0 saturated heterocycles. The van der Waals surface area contributed by atoms with E-state index in [1.54, 1.807) is 23.5 Å². The standard InChI is InChI=1S/C12H13FN2S/c13-7-4-5-10-11(6-7)16-12(15-10)8-2-1-3-9(8)14/h4-6,8-9H,1-3,14H2. The third-order valence-electron chi connectivity index (χ3n) is 3.25. The van der Waals surface area contributed by atoms with E-state index in [0.717, 1.165) is 28.1 Å². The first-order valence-corrected chi connectivity index (χ1v) is 6.37. The van der Waals surface area contributed by atoms with Gasteiger partial charge in [-0.2, -0.15) is 0 Å². The molecule has 1 fully saturated rings. The Labute approximate surface area is 97.3 Å². The summed E-state index contributed by atoms with van der Waals surface area (Å²) in [6.07, 6.45) is 3.37. The Kier molecular flexibility index (Phi) is 2.41. The average Bonchev–Trinajstić information content (AvgIpc) is 2.82. The van der Waals surface area contributed by atoms with Crippen LogP contribution < -0.4 is 5.73 Å². The molecular weight excluding hydrogens is 223 g/mol. The molecule has 1 aromatic heterocycles. The SMILES string of the molecule is NC1CCCC1c1nc2ccc(F)cc2s1. The second-order valence-corrected chi connectivity index (χ2v) is 5.43. The molecular formula is C12H13FN2S. The number of rotatable bonds is 1. The van der Waals surface area contributed by atoms with Gasteiger partial charge in [-0.1, -0.05) is 6.42 Å². The molecule has 84 valence electrons. The molecule has 1 saturated carbocycles. The van der Waals surface area contributed by atoms with Gasteiger partial charge in [-0.25, -0.2) is 9.37 Å². The number of nitrogens with two attached hydrogens (primary N) is 1. The van der Waals surface area contributed by atoms with Gasteiger partial charge in [0.05, 0.1) is 15.2 Å². The van der Waals surface area contributed by atoms with Gasteiger partial charge < -0.3 is 5.73 Å². The molecule has 1 aliphatic carbocycles. The highest BCUT2D eigenvalue weighted by Gasteiger charge is 2.28. The predicted molar refractivity (Wildman–Crippen MR) is 64.1 cm³/mol. The van der Waals surface area contributed by atoms with Crippen LogP contribution in [0.15, 0.2) is 18.2 Å². The summed E-state index contributed by atoms with van der Waals surface area (Å²) in [4.78, 5) is 4.56. The van der Waals surface area contributed by atoms with Crippen molar-refractivity contribution in [2.75, 3.05) is 0 Å². The summed E-state index contributed by atoms with van der Waals surface area (Å²) in [5, 5.41) is 1.07. The quantitative estimate of drug-likeness (QED) is 0.826. The zero-order valence-corrected chi connectivity index (χ0v) is 9.64. The Morgan fingerprint density at radius 2 is 2.25 bits per heavy atom. The minimum atomic E-state index is -0.196. The summed E-state index contributed by atoms with van der Waals surface area (Å²) in [6, 6.07) is 4.98. The smallest absolute Gasteiger partial charge is 0.124 e. The van der Waals surface area contributed by atoms with Gasteiger partial charge in [0.25, 0.3) is 0 Å². The lowest BCUT2D eigenvalue weighted by Crippen LogP contribution is -2.22. The average molecular weight is 236 g/mol. The normalized spacial score (nSPS) is 25.4. The summed E-state index contributed by atoms with van der Waals surface area (Å²) in [5.74, 6) is 0.180. The molecule has 1 aromatic carbocycles. The van der Waals surface area contributed by atoms with Crippen molar-refractivity contribution in [3.05, 3.63) is 29.0 Å². The Morgan fingerprint density at radius 1 is 1.38 bits per heavy atom. The number of aromatic nitrogens is 1. The van der Waals surface area contributed by atoms with E-state index in [0.29, 0.717) is 5.92 Å². The first-order chi connectivity index (χ1) is 7.74. The molecule has 1 heterocycles. The second-order valence-electron chi connectivity index (χ2n) is 4.37. The van der Waals surface area contributed by atoms with Crippen LogP contribution in [-0.2, 0) is 0 Å². The van der Waals surface area contributed by atoms with E-state index < -0.39 is 0 Å². The van der Waals surface area contributed by atoms with Gasteiger partial charge in [0, 0.05) is 12.0 Å². The molecule has 2 N–H and O–H groups in total. The molecule has 2 unspecified atom stereocenters. The van der Waals surface area contributed by atoms with Crippen molar-refractivity contribution in [1.29, 1.82) is 0 Å². The number of benzene rings is 1. The zero-order chi connectivity index (χ0) is 11.1. The summed E-state index contributed by atoms with van der Waals surface area (Å²) in [7, 11) is 0. The minimum absolute atomic E-state index is 0.196. The summed E-state index contributed by atoms with van der Waals surface area (Å²) in [5.41, 5.74) is 6.94. The lowest BCUT2D eigenvalue weighted by atomic mass is 10.1. The number of thiazole rings is 1. The largest absolute Gasteiger partial charge is 0.327 e. The van der Waals surface area contributed by atoms with Crippen LogP contribution in [0.25, 0.3) is 10.2 Å². The van der Waals surface area contributed by atoms with Gasteiger partial charge >= 0.3 is 0 Å². The third kappa shape index (κ3) is 1.62. The van der Waals surface area contributed by atoms with Crippen LogP contribution in [-0.4, -0.2) is 11.0 Å². The molecule has 1 aliphatic rings. The van der Waals surface area contributed by atoms with Crippen LogP contribution in [0.5, 0.6) is 0 Å². The second kappa shape index (κ2) is 3.79. The van der Waals surface area contributed by atoms with E-state index in [1.807, 2.05) is 0 Å². The van der Waals surface area contributed by atoms with Crippen LogP contribution in [0.4, 0.5) is 4.39 Å². The Morgan fingerprint density at radius 3 is 3.00 bits per heavy atom. The molecule has 0 aliphatic heterocycles. The van der Waals surface area contributed by atoms with Crippen molar-refractivity contribution in [2.24, 2.45) is 5.73 Å². The molecule has 0 amide bonds. The minimum Gasteiger partial charge on any atom is -0.327 e. The molecule has 2 atom stereocenters. The van der Waals surface area contributed by atoms with Crippen molar-refractivity contribution in [2.45, 2.75) is 31.2 Å². The van der Waals surface area contributed by atoms with Crippen molar-refractivity contribution < 1.29 is 4.39 Å². The maximum Gasteiger partial charge on any atom is 0.124 e. The van der Waals surface area contributed by atoms with Gasteiger partial charge in [0.2, 0.25) is 0 Å². The molecule has 0 bridgehead atoms. The van der Waals surface area contributed by atoms with Gasteiger partial charge in [0.15, 0.2) is 0 Å². The van der Waals surface area contributed by atoms with Gasteiger partial charge in [0.1, 0.15) is 5.82 Å². The molecule has 3 rings (SSSR count). The summed E-state index contributed by atoms with van der Waals surface area (Å²) >= 11 is 1.58. The van der Waals surface area contributed by atoms with Crippen molar-refractivity contribution in [3.8, 4) is 0 Å². The highest BCUT2D eigenvalue weighted by atomic mass is 32.1. The van der Waals surface area contributed by atoms with E-state index in [9.17, 15) is 4.39 Å². The van der Waals surface area contributed by atoms with E-state index >= 15 is 0 Å². The Balaban J connectivity index is 2.04.